The van der Waals surface area contributed by atoms with Crippen LogP contribution < -0.4 is 15.4 Å². The second-order valence-corrected chi connectivity index (χ2v) is 5.08. The normalized spacial score (nSPS) is 11.3. The number of ether oxygens (including phenoxy) is 1. The number of hydrogen-bond acceptors (Lipinski definition) is 4. The average molecular weight is 316 g/mol. The molecule has 0 aliphatic heterocycles. The highest BCUT2D eigenvalue weighted by Gasteiger charge is 2.01. The summed E-state index contributed by atoms with van der Waals surface area (Å²) in [6, 6.07) is 8.02. The molecule has 23 heavy (non-hydrogen) atoms. The van der Waals surface area contributed by atoms with E-state index in [4.69, 9.17) is 4.74 Å². The summed E-state index contributed by atoms with van der Waals surface area (Å²) in [6.45, 7) is 6.59. The second kappa shape index (κ2) is 8.77. The van der Waals surface area contributed by atoms with Gasteiger partial charge in [-0.3, -0.25) is 4.68 Å². The molecule has 2 N–H and O–H groups in total. The quantitative estimate of drug-likeness (QED) is 0.457. The summed E-state index contributed by atoms with van der Waals surface area (Å²) < 4.78 is 7.40. The fourth-order valence-electron chi connectivity index (χ4n) is 1.93. The molecule has 0 radical (unpaired) electrons. The van der Waals surface area contributed by atoms with Crippen LogP contribution >= 0.6 is 0 Å². The molecule has 0 fully saturated rings. The molecule has 2 aromatic rings. The van der Waals surface area contributed by atoms with E-state index in [1.165, 1.54) is 11.9 Å². The van der Waals surface area contributed by atoms with Crippen LogP contribution in [0, 0.1) is 6.92 Å². The van der Waals surface area contributed by atoms with Crippen molar-refractivity contribution in [3.8, 4) is 5.75 Å². The molecule has 7 heteroatoms. The van der Waals surface area contributed by atoms with Gasteiger partial charge in [0, 0.05) is 13.6 Å². The molecule has 2 rings (SSSR count). The van der Waals surface area contributed by atoms with E-state index in [9.17, 15) is 0 Å². The molecule has 0 saturated carbocycles. The molecule has 0 saturated heterocycles. The Balaban J connectivity index is 1.77. The Morgan fingerprint density at radius 2 is 2.04 bits per heavy atom. The first-order valence-corrected chi connectivity index (χ1v) is 7.73. The van der Waals surface area contributed by atoms with Gasteiger partial charge in [-0.2, -0.15) is 5.10 Å². The predicted molar refractivity (Wildman–Crippen MR) is 90.5 cm³/mol. The first-order chi connectivity index (χ1) is 11.2. The maximum atomic E-state index is 5.69. The van der Waals surface area contributed by atoms with Crippen molar-refractivity contribution in [1.82, 2.24) is 25.4 Å². The van der Waals surface area contributed by atoms with Crippen LogP contribution in [0.25, 0.3) is 0 Å². The van der Waals surface area contributed by atoms with Crippen molar-refractivity contribution in [3.63, 3.8) is 0 Å². The third kappa shape index (κ3) is 5.61. The summed E-state index contributed by atoms with van der Waals surface area (Å²) in [5.41, 5.74) is 1.22. The van der Waals surface area contributed by atoms with Crippen molar-refractivity contribution in [3.05, 3.63) is 42.0 Å². The topological polar surface area (TPSA) is 76.4 Å². The summed E-state index contributed by atoms with van der Waals surface area (Å²) in [6.07, 6.45) is 1.53. The molecule has 0 atom stereocenters. The minimum absolute atomic E-state index is 0.477. The zero-order valence-corrected chi connectivity index (χ0v) is 13.9. The molecule has 0 amide bonds. The van der Waals surface area contributed by atoms with Crippen LogP contribution in [0.15, 0.2) is 35.6 Å². The van der Waals surface area contributed by atoms with E-state index in [-0.39, 0.29) is 0 Å². The summed E-state index contributed by atoms with van der Waals surface area (Å²) in [4.78, 5) is 8.64. The van der Waals surface area contributed by atoms with Gasteiger partial charge in [-0.25, -0.2) is 9.98 Å². The third-order valence-corrected chi connectivity index (χ3v) is 3.21. The van der Waals surface area contributed by atoms with E-state index < -0.39 is 0 Å². The molecule has 0 aliphatic carbocycles. The number of aliphatic imine (C=N–C) groups is 1. The Labute approximate surface area is 136 Å². The summed E-state index contributed by atoms with van der Waals surface area (Å²) in [5.74, 6) is 2.43. The molecule has 1 aromatic heterocycles. The van der Waals surface area contributed by atoms with Gasteiger partial charge in [0.2, 0.25) is 0 Å². The van der Waals surface area contributed by atoms with E-state index in [0.29, 0.717) is 19.7 Å². The van der Waals surface area contributed by atoms with Crippen molar-refractivity contribution < 1.29 is 4.74 Å². The Hall–Kier alpha value is -2.57. The van der Waals surface area contributed by atoms with Gasteiger partial charge >= 0.3 is 0 Å². The highest BCUT2D eigenvalue weighted by atomic mass is 16.5. The number of aryl methyl sites for hydroxylation is 2. The van der Waals surface area contributed by atoms with Gasteiger partial charge in [0.15, 0.2) is 5.96 Å². The molecule has 1 heterocycles. The number of guanidine groups is 1. The molecular weight excluding hydrogens is 292 g/mol. The van der Waals surface area contributed by atoms with Crippen molar-refractivity contribution in [2.75, 3.05) is 19.7 Å². The van der Waals surface area contributed by atoms with Gasteiger partial charge in [0.05, 0.1) is 6.54 Å². The lowest BCUT2D eigenvalue weighted by Gasteiger charge is -2.12. The summed E-state index contributed by atoms with van der Waals surface area (Å²) >= 11 is 0. The van der Waals surface area contributed by atoms with E-state index in [1.807, 2.05) is 38.2 Å². The first kappa shape index (κ1) is 16.8. The first-order valence-electron chi connectivity index (χ1n) is 7.73. The second-order valence-electron chi connectivity index (χ2n) is 5.08. The van der Waals surface area contributed by atoms with Gasteiger partial charge < -0.3 is 15.4 Å². The fraction of sp³-hybridized carbons (Fsp3) is 0.438. The zero-order chi connectivity index (χ0) is 16.5. The maximum absolute atomic E-state index is 5.69. The highest BCUT2D eigenvalue weighted by molar-refractivity contribution is 5.79. The van der Waals surface area contributed by atoms with Gasteiger partial charge in [-0.1, -0.05) is 17.7 Å². The number of rotatable bonds is 7. The average Bonchev–Trinajstić information content (AvgIpc) is 2.96. The van der Waals surface area contributed by atoms with Crippen LogP contribution in [-0.2, 0) is 13.6 Å². The Morgan fingerprint density at radius 1 is 1.26 bits per heavy atom. The van der Waals surface area contributed by atoms with Crippen molar-refractivity contribution in [2.45, 2.75) is 20.4 Å². The Morgan fingerprint density at radius 3 is 2.70 bits per heavy atom. The molecule has 7 nitrogen and oxygen atoms in total. The fourth-order valence-corrected chi connectivity index (χ4v) is 1.93. The van der Waals surface area contributed by atoms with Crippen molar-refractivity contribution in [1.29, 1.82) is 0 Å². The van der Waals surface area contributed by atoms with E-state index in [1.54, 1.807) is 4.68 Å². The molecule has 124 valence electrons. The molecule has 0 spiro atoms. The number of nitrogens with one attached hydrogen (secondary N) is 2. The van der Waals surface area contributed by atoms with Crippen LogP contribution in [0.2, 0.25) is 0 Å². The number of benzene rings is 1. The van der Waals surface area contributed by atoms with Gasteiger partial charge in [-0.15, -0.1) is 0 Å². The molecule has 0 aliphatic rings. The van der Waals surface area contributed by atoms with Gasteiger partial charge in [0.1, 0.15) is 31.1 Å². The smallest absolute Gasteiger partial charge is 0.191 e. The zero-order valence-electron chi connectivity index (χ0n) is 13.9. The van der Waals surface area contributed by atoms with Crippen LogP contribution in [0.4, 0.5) is 0 Å². The van der Waals surface area contributed by atoms with E-state index in [2.05, 4.69) is 32.6 Å². The molecular formula is C16H24N6O. The van der Waals surface area contributed by atoms with Gasteiger partial charge in [-0.05, 0) is 26.0 Å². The van der Waals surface area contributed by atoms with Crippen LogP contribution in [0.1, 0.15) is 18.3 Å². The molecule has 0 bridgehead atoms. The minimum Gasteiger partial charge on any atom is -0.492 e. The lowest BCUT2D eigenvalue weighted by molar-refractivity contribution is 0.322. The highest BCUT2D eigenvalue weighted by Crippen LogP contribution is 2.10. The predicted octanol–water partition coefficient (Wildman–Crippen LogP) is 1.26. The Kier molecular flexibility index (Phi) is 6.40. The lowest BCUT2D eigenvalue weighted by atomic mass is 10.2. The number of nitrogens with zero attached hydrogens (tertiary/aromatic N) is 4. The van der Waals surface area contributed by atoms with Gasteiger partial charge in [0.25, 0.3) is 0 Å². The van der Waals surface area contributed by atoms with Crippen LogP contribution in [-0.4, -0.2) is 40.4 Å². The largest absolute Gasteiger partial charge is 0.492 e. The van der Waals surface area contributed by atoms with Crippen molar-refractivity contribution >= 4 is 5.96 Å². The van der Waals surface area contributed by atoms with Crippen LogP contribution in [0.5, 0.6) is 5.75 Å². The minimum atomic E-state index is 0.477. The monoisotopic (exact) mass is 316 g/mol. The standard InChI is InChI=1S/C16H24N6O/c1-4-17-16(19-11-15-20-12-21-22(15)3)18-9-10-23-14-7-5-13(2)6-8-14/h5-8,12H,4,9-11H2,1-3H3,(H2,17,18,19). The van der Waals surface area contributed by atoms with E-state index in [0.717, 1.165) is 24.1 Å². The summed E-state index contributed by atoms with van der Waals surface area (Å²) in [7, 11) is 1.85. The third-order valence-electron chi connectivity index (χ3n) is 3.21. The van der Waals surface area contributed by atoms with Crippen LogP contribution in [0.3, 0.4) is 0 Å². The number of aromatic nitrogens is 3. The Bertz CT molecular complexity index is 620. The number of hydrogen-bond donors (Lipinski definition) is 2. The van der Waals surface area contributed by atoms with E-state index >= 15 is 0 Å². The molecule has 0 unspecified atom stereocenters. The van der Waals surface area contributed by atoms with Crippen molar-refractivity contribution in [2.24, 2.45) is 12.0 Å². The SMILES string of the molecule is CCNC(=NCc1ncnn1C)NCCOc1ccc(C)cc1. The molecule has 1 aromatic carbocycles. The maximum Gasteiger partial charge on any atom is 0.191 e. The summed E-state index contributed by atoms with van der Waals surface area (Å²) in [5, 5.41) is 10.5. The lowest BCUT2D eigenvalue weighted by Crippen LogP contribution is -2.39.